The van der Waals surface area contributed by atoms with Crippen molar-refractivity contribution in [3.63, 3.8) is 0 Å². The second kappa shape index (κ2) is 7.85. The Hall–Kier alpha value is -4.13. The molecule has 4 aromatic rings. The van der Waals surface area contributed by atoms with Crippen molar-refractivity contribution in [2.45, 2.75) is 26.9 Å². The van der Waals surface area contributed by atoms with Crippen LogP contribution < -0.4 is 5.32 Å². The van der Waals surface area contributed by atoms with Gasteiger partial charge < -0.3 is 14.8 Å². The molecule has 1 aliphatic rings. The number of aryl methyl sites for hydroxylation is 1. The van der Waals surface area contributed by atoms with E-state index in [1.165, 1.54) is 6.92 Å². The first kappa shape index (κ1) is 19.8. The molecule has 2 aromatic carbocycles. The lowest BCUT2D eigenvalue weighted by Crippen LogP contribution is -2.26. The molecule has 0 spiro atoms. The van der Waals surface area contributed by atoms with E-state index < -0.39 is 0 Å². The molecule has 5 rings (SSSR count). The van der Waals surface area contributed by atoms with Crippen molar-refractivity contribution < 1.29 is 9.59 Å². The van der Waals surface area contributed by atoms with Crippen LogP contribution in [0.5, 0.6) is 0 Å². The highest BCUT2D eigenvalue weighted by molar-refractivity contribution is 5.95. The summed E-state index contributed by atoms with van der Waals surface area (Å²) in [5, 5.41) is 7.61. The molecule has 0 radical (unpaired) electrons. The van der Waals surface area contributed by atoms with Crippen molar-refractivity contribution in [2.75, 3.05) is 5.32 Å². The second-order valence-electron chi connectivity index (χ2n) is 8.01. The van der Waals surface area contributed by atoms with Gasteiger partial charge in [0.1, 0.15) is 5.82 Å². The zero-order valence-corrected chi connectivity index (χ0v) is 17.9. The number of fused-ring (bicyclic) bond motifs is 1. The summed E-state index contributed by atoms with van der Waals surface area (Å²) in [6, 6.07) is 19.2. The van der Waals surface area contributed by atoms with Crippen molar-refractivity contribution in [3.8, 4) is 11.5 Å². The van der Waals surface area contributed by atoms with Gasteiger partial charge in [0.25, 0.3) is 5.91 Å². The van der Waals surface area contributed by atoms with E-state index in [2.05, 4.69) is 24.4 Å². The molecule has 1 N–H and O–H groups in total. The van der Waals surface area contributed by atoms with Gasteiger partial charge in [-0.15, -0.1) is 0 Å². The van der Waals surface area contributed by atoms with Crippen molar-refractivity contribution in [2.24, 2.45) is 0 Å². The number of nitrogens with one attached hydrogen (secondary N) is 1. The van der Waals surface area contributed by atoms with Crippen molar-refractivity contribution in [3.05, 3.63) is 95.4 Å². The number of hydrogen-bond donors (Lipinski definition) is 1. The number of anilines is 1. The lowest BCUT2D eigenvalue weighted by Gasteiger charge is -2.18. The van der Waals surface area contributed by atoms with Crippen molar-refractivity contribution in [1.82, 2.24) is 19.2 Å². The molecule has 0 unspecified atom stereocenters. The molecule has 3 heterocycles. The minimum absolute atomic E-state index is 0.0575. The summed E-state index contributed by atoms with van der Waals surface area (Å²) in [6.07, 6.45) is 3.99. The minimum Gasteiger partial charge on any atom is -0.328 e. The highest BCUT2D eigenvalue weighted by Crippen LogP contribution is 2.31. The van der Waals surface area contributed by atoms with Gasteiger partial charge in [0.05, 0.1) is 24.5 Å². The van der Waals surface area contributed by atoms with Crippen molar-refractivity contribution in [1.29, 1.82) is 0 Å². The van der Waals surface area contributed by atoms with Gasteiger partial charge in [-0.25, -0.2) is 4.68 Å². The maximum absolute atomic E-state index is 13.1. The average molecular weight is 425 g/mol. The predicted octanol–water partition coefficient (Wildman–Crippen LogP) is 4.09. The summed E-state index contributed by atoms with van der Waals surface area (Å²) in [5.74, 6) is 0.752. The summed E-state index contributed by atoms with van der Waals surface area (Å²) in [7, 11) is 0. The van der Waals surface area contributed by atoms with Crippen LogP contribution in [0.25, 0.3) is 11.5 Å². The molecule has 0 aliphatic carbocycles. The Balaban J connectivity index is 1.46. The van der Waals surface area contributed by atoms with E-state index in [-0.39, 0.29) is 11.8 Å². The molecule has 0 saturated heterocycles. The number of benzene rings is 2. The predicted molar refractivity (Wildman–Crippen MR) is 122 cm³/mol. The van der Waals surface area contributed by atoms with Crippen LogP contribution in [0.4, 0.5) is 5.69 Å². The molecule has 0 saturated carbocycles. The molecule has 0 fully saturated rings. The Kier molecular flexibility index (Phi) is 4.86. The molecule has 0 atom stereocenters. The summed E-state index contributed by atoms with van der Waals surface area (Å²) in [6.45, 7) is 4.46. The molecule has 160 valence electrons. The van der Waals surface area contributed by atoms with Gasteiger partial charge in [-0.05, 0) is 61.0 Å². The van der Waals surface area contributed by atoms with Gasteiger partial charge in [-0.1, -0.05) is 12.1 Å². The molecule has 7 nitrogen and oxygen atoms in total. The Morgan fingerprint density at radius 3 is 2.41 bits per heavy atom. The first-order valence-corrected chi connectivity index (χ1v) is 10.5. The normalized spacial score (nSPS) is 12.6. The highest BCUT2D eigenvalue weighted by atomic mass is 16.2. The summed E-state index contributed by atoms with van der Waals surface area (Å²) in [4.78, 5) is 26.2. The maximum Gasteiger partial charge on any atom is 0.254 e. The highest BCUT2D eigenvalue weighted by Gasteiger charge is 2.31. The first-order valence-electron chi connectivity index (χ1n) is 10.5. The fourth-order valence-electron chi connectivity index (χ4n) is 4.11. The number of nitrogens with zero attached hydrogens (tertiary/aromatic N) is 4. The van der Waals surface area contributed by atoms with Crippen LogP contribution in [-0.4, -0.2) is 31.1 Å². The van der Waals surface area contributed by atoms with E-state index in [0.29, 0.717) is 24.3 Å². The summed E-state index contributed by atoms with van der Waals surface area (Å²) in [5.41, 5.74) is 5.36. The summed E-state index contributed by atoms with van der Waals surface area (Å²) >= 11 is 0. The third-order valence-corrected chi connectivity index (χ3v) is 5.56. The third-order valence-electron chi connectivity index (χ3n) is 5.56. The number of carbonyl (C=O) groups is 2. The van der Waals surface area contributed by atoms with E-state index in [4.69, 9.17) is 5.10 Å². The molecule has 2 aromatic heterocycles. The summed E-state index contributed by atoms with van der Waals surface area (Å²) < 4.78 is 4.01. The molecular weight excluding hydrogens is 402 g/mol. The SMILES string of the molecule is CC(=O)Nc1ccc(C(=O)N2Cc3nn(-c4cccc(C)c4)c(-n4cccc4)c3C2)cc1. The van der Waals surface area contributed by atoms with Gasteiger partial charge >= 0.3 is 0 Å². The van der Waals surface area contributed by atoms with E-state index in [0.717, 1.165) is 28.3 Å². The Morgan fingerprint density at radius 1 is 0.969 bits per heavy atom. The fraction of sp³-hybridized carbons (Fsp3) is 0.160. The van der Waals surface area contributed by atoms with Gasteiger partial charge in [-0.2, -0.15) is 5.10 Å². The number of aromatic nitrogens is 3. The van der Waals surface area contributed by atoms with Crippen LogP contribution in [0.1, 0.15) is 34.1 Å². The molecule has 1 aliphatic heterocycles. The molecule has 2 amide bonds. The van der Waals surface area contributed by atoms with Crippen LogP contribution in [0, 0.1) is 6.92 Å². The first-order chi connectivity index (χ1) is 15.5. The Bertz CT molecular complexity index is 1300. The lowest BCUT2D eigenvalue weighted by atomic mass is 10.2. The lowest BCUT2D eigenvalue weighted by molar-refractivity contribution is -0.114. The standard InChI is InChI=1S/C25H23N5O2/c1-17-6-5-7-21(14-17)30-24(28-12-3-4-13-28)22-15-29(16-23(22)27-30)25(32)19-8-10-20(11-9-19)26-18(2)31/h3-14H,15-16H2,1-2H3,(H,26,31). The van der Waals surface area contributed by atoms with Crippen LogP contribution >= 0.6 is 0 Å². The van der Waals surface area contributed by atoms with Gasteiger partial charge in [0.2, 0.25) is 5.91 Å². The Morgan fingerprint density at radius 2 is 1.72 bits per heavy atom. The van der Waals surface area contributed by atoms with Crippen LogP contribution in [0.3, 0.4) is 0 Å². The second-order valence-corrected chi connectivity index (χ2v) is 8.01. The smallest absolute Gasteiger partial charge is 0.254 e. The Labute approximate surface area is 185 Å². The van der Waals surface area contributed by atoms with Crippen LogP contribution in [-0.2, 0) is 17.9 Å². The van der Waals surface area contributed by atoms with Gasteiger partial charge in [0, 0.05) is 36.1 Å². The van der Waals surface area contributed by atoms with E-state index >= 15 is 0 Å². The number of hydrogen-bond acceptors (Lipinski definition) is 3. The van der Waals surface area contributed by atoms with Crippen LogP contribution in [0.15, 0.2) is 73.1 Å². The molecular formula is C25H23N5O2. The minimum atomic E-state index is -0.142. The fourth-order valence-corrected chi connectivity index (χ4v) is 4.11. The molecule has 32 heavy (non-hydrogen) atoms. The van der Waals surface area contributed by atoms with E-state index in [1.807, 2.05) is 45.9 Å². The van der Waals surface area contributed by atoms with Gasteiger partial charge in [0.15, 0.2) is 0 Å². The van der Waals surface area contributed by atoms with E-state index in [9.17, 15) is 9.59 Å². The number of amides is 2. The quantitative estimate of drug-likeness (QED) is 0.535. The molecule has 0 bridgehead atoms. The zero-order chi connectivity index (χ0) is 22.2. The van der Waals surface area contributed by atoms with Crippen LogP contribution in [0.2, 0.25) is 0 Å². The van der Waals surface area contributed by atoms with Gasteiger partial charge in [-0.3, -0.25) is 9.59 Å². The topological polar surface area (TPSA) is 72.2 Å². The zero-order valence-electron chi connectivity index (χ0n) is 17.9. The third kappa shape index (κ3) is 3.58. The average Bonchev–Trinajstić information content (AvgIpc) is 3.49. The maximum atomic E-state index is 13.1. The number of carbonyl (C=O) groups excluding carboxylic acids is 2. The van der Waals surface area contributed by atoms with E-state index in [1.54, 1.807) is 29.2 Å². The molecule has 7 heteroatoms. The van der Waals surface area contributed by atoms with Crippen molar-refractivity contribution >= 4 is 17.5 Å². The monoisotopic (exact) mass is 425 g/mol. The number of rotatable bonds is 4. The largest absolute Gasteiger partial charge is 0.328 e.